The highest BCUT2D eigenvalue weighted by Gasteiger charge is 3.03. The molecule has 6 rings (SSSR count). The molecule has 9 heteroatoms. The third kappa shape index (κ3) is 1.33. The topological polar surface area (TPSA) is 129 Å². The van der Waals surface area contributed by atoms with Crippen LogP contribution in [0.2, 0.25) is 0 Å². The summed E-state index contributed by atoms with van der Waals surface area (Å²) in [5.74, 6) is -4.08. The van der Waals surface area contributed by atoms with E-state index in [-0.39, 0.29) is 11.3 Å². The lowest BCUT2D eigenvalue weighted by molar-refractivity contribution is -0.239. The molecule has 0 bridgehead atoms. The number of carbonyl (C=O) groups excluding carboxylic acids is 3. The average molecular weight is 422 g/mol. The molecule has 0 aromatic carbocycles. The second-order valence-corrected chi connectivity index (χ2v) is 11.0. The normalized spacial score (nSPS) is 60.1. The van der Waals surface area contributed by atoms with Gasteiger partial charge in [0.2, 0.25) is 11.9 Å². The molecule has 4 saturated heterocycles. The number of fused-ring (bicyclic) bond motifs is 1. The largest absolute Gasteiger partial charge is 0.459 e. The quantitative estimate of drug-likeness (QED) is 0.406. The van der Waals surface area contributed by atoms with Gasteiger partial charge in [0.05, 0.1) is 22.7 Å². The van der Waals surface area contributed by atoms with E-state index in [2.05, 4.69) is 0 Å². The van der Waals surface area contributed by atoms with E-state index >= 15 is 0 Å². The van der Waals surface area contributed by atoms with Crippen molar-refractivity contribution in [3.05, 3.63) is 0 Å². The molecule has 0 radical (unpaired) electrons. The third-order valence-electron chi connectivity index (χ3n) is 9.39. The zero-order chi connectivity index (χ0) is 21.8. The lowest BCUT2D eigenvalue weighted by atomic mass is 9.49. The van der Waals surface area contributed by atoms with Crippen molar-refractivity contribution < 1.29 is 43.5 Å². The minimum atomic E-state index is -2.13. The Morgan fingerprint density at radius 3 is 2.27 bits per heavy atom. The number of ether oxygens (including phenoxy) is 4. The van der Waals surface area contributed by atoms with Crippen LogP contribution in [0.25, 0.3) is 0 Å². The van der Waals surface area contributed by atoms with Crippen LogP contribution in [0.1, 0.15) is 41.0 Å². The summed E-state index contributed by atoms with van der Waals surface area (Å²) in [6, 6.07) is 0. The van der Waals surface area contributed by atoms with Gasteiger partial charge in [-0.1, -0.05) is 27.7 Å². The Hall–Kier alpha value is -1.71. The van der Waals surface area contributed by atoms with Crippen LogP contribution in [0.5, 0.6) is 0 Å². The predicted octanol–water partition coefficient (Wildman–Crippen LogP) is -0.0943. The molecule has 6 aliphatic rings. The molecule has 0 amide bonds. The van der Waals surface area contributed by atoms with Crippen molar-refractivity contribution in [3.8, 4) is 0 Å². The van der Waals surface area contributed by atoms with Gasteiger partial charge in [-0.15, -0.1) is 0 Å². The van der Waals surface area contributed by atoms with E-state index in [0.717, 1.165) is 0 Å². The Kier molecular flexibility index (Phi) is 2.98. The van der Waals surface area contributed by atoms with Crippen LogP contribution in [0, 0.1) is 34.0 Å². The maximum Gasteiger partial charge on any atom is 0.343 e. The van der Waals surface area contributed by atoms with Crippen LogP contribution in [0.3, 0.4) is 0 Å². The molecule has 2 spiro atoms. The zero-order valence-electron chi connectivity index (χ0n) is 17.5. The standard InChI is InChI=1S/C21H26O9/c1-7-13(23)29-16-18(7)9(17(3,4)5)6-10-19(18)11(22)12-20(26,8(2)14(24)28-12)21(19,30-16)15(25)27-10/h7-12,16,22,26H,6H2,1-5H3/t7?,8-,9+,10?,11+,12?,16?,18?,19?,20-,21-/m1/s1. The van der Waals surface area contributed by atoms with Gasteiger partial charge in [-0.25, -0.2) is 4.79 Å². The average Bonchev–Trinajstić information content (AvgIpc) is 3.35. The summed E-state index contributed by atoms with van der Waals surface area (Å²) >= 11 is 0. The van der Waals surface area contributed by atoms with Crippen molar-refractivity contribution in [2.24, 2.45) is 34.0 Å². The molecule has 164 valence electrons. The summed E-state index contributed by atoms with van der Waals surface area (Å²) in [4.78, 5) is 38.6. The molecule has 11 atom stereocenters. The van der Waals surface area contributed by atoms with E-state index in [4.69, 9.17) is 18.9 Å². The van der Waals surface area contributed by atoms with Crippen LogP contribution in [-0.4, -0.2) is 63.9 Å². The first kappa shape index (κ1) is 19.0. The predicted molar refractivity (Wildman–Crippen MR) is 95.2 cm³/mol. The molecular weight excluding hydrogens is 396 g/mol. The van der Waals surface area contributed by atoms with Gasteiger partial charge in [0.25, 0.3) is 0 Å². The maximum atomic E-state index is 13.4. The Bertz CT molecular complexity index is 924. The Morgan fingerprint density at radius 2 is 1.63 bits per heavy atom. The van der Waals surface area contributed by atoms with Crippen molar-refractivity contribution in [2.75, 3.05) is 0 Å². The Labute approximate surface area is 173 Å². The molecule has 2 saturated carbocycles. The van der Waals surface area contributed by atoms with Crippen LogP contribution in [0.4, 0.5) is 0 Å². The van der Waals surface area contributed by atoms with Crippen LogP contribution in [-0.2, 0) is 33.3 Å². The number of carbonyl (C=O) groups is 3. The molecule has 9 nitrogen and oxygen atoms in total. The minimum absolute atomic E-state index is 0.223. The highest BCUT2D eigenvalue weighted by Crippen LogP contribution is 2.85. The molecule has 6 fully saturated rings. The fraction of sp³-hybridized carbons (Fsp3) is 0.857. The lowest BCUT2D eigenvalue weighted by Crippen LogP contribution is -2.66. The molecule has 6 unspecified atom stereocenters. The lowest BCUT2D eigenvalue weighted by Gasteiger charge is -2.48. The number of aliphatic hydroxyl groups is 2. The smallest absolute Gasteiger partial charge is 0.343 e. The SMILES string of the molecule is CC1C(=O)OC2O[C@]34C(=O)OC5C[C@@H](C(C)(C)C)C21C53[C@@H](O)C1OC(=O)[C@@H](C)[C@@]14O. The van der Waals surface area contributed by atoms with E-state index in [9.17, 15) is 24.6 Å². The summed E-state index contributed by atoms with van der Waals surface area (Å²) in [5, 5.41) is 23.7. The monoisotopic (exact) mass is 422 g/mol. The van der Waals surface area contributed by atoms with Crippen molar-refractivity contribution in [1.82, 2.24) is 0 Å². The molecular formula is C21H26O9. The fourth-order valence-electron chi connectivity index (χ4n) is 8.47. The number of hydrogen-bond acceptors (Lipinski definition) is 9. The number of aliphatic hydroxyl groups excluding tert-OH is 1. The van der Waals surface area contributed by atoms with E-state index in [1.807, 2.05) is 20.8 Å². The first-order valence-corrected chi connectivity index (χ1v) is 10.5. The Morgan fingerprint density at radius 1 is 1.00 bits per heavy atom. The first-order valence-electron chi connectivity index (χ1n) is 10.5. The summed E-state index contributed by atoms with van der Waals surface area (Å²) in [6.07, 6.45) is -4.35. The van der Waals surface area contributed by atoms with Crippen molar-refractivity contribution in [3.63, 3.8) is 0 Å². The second-order valence-electron chi connectivity index (χ2n) is 11.0. The summed E-state index contributed by atoms with van der Waals surface area (Å²) in [7, 11) is 0. The number of esters is 3. The molecule has 4 heterocycles. The van der Waals surface area contributed by atoms with Crippen LogP contribution >= 0.6 is 0 Å². The van der Waals surface area contributed by atoms with Crippen molar-refractivity contribution in [1.29, 1.82) is 0 Å². The van der Waals surface area contributed by atoms with E-state index in [1.165, 1.54) is 6.92 Å². The molecule has 2 N–H and O–H groups in total. The molecule has 0 aromatic heterocycles. The van der Waals surface area contributed by atoms with Crippen LogP contribution in [0.15, 0.2) is 0 Å². The number of rotatable bonds is 0. The summed E-state index contributed by atoms with van der Waals surface area (Å²) in [6.45, 7) is 9.26. The summed E-state index contributed by atoms with van der Waals surface area (Å²) in [5.41, 5.74) is -7.14. The fourth-order valence-corrected chi connectivity index (χ4v) is 8.47. The van der Waals surface area contributed by atoms with Gasteiger partial charge in [-0.3, -0.25) is 9.59 Å². The minimum Gasteiger partial charge on any atom is -0.459 e. The zero-order valence-corrected chi connectivity index (χ0v) is 17.5. The van der Waals surface area contributed by atoms with Gasteiger partial charge < -0.3 is 29.2 Å². The van der Waals surface area contributed by atoms with E-state index in [0.29, 0.717) is 6.42 Å². The van der Waals surface area contributed by atoms with Crippen LogP contribution < -0.4 is 0 Å². The number of hydrogen-bond donors (Lipinski definition) is 2. The van der Waals surface area contributed by atoms with Crippen molar-refractivity contribution in [2.45, 2.75) is 76.8 Å². The molecule has 0 aromatic rings. The van der Waals surface area contributed by atoms with Gasteiger partial charge in [0.1, 0.15) is 12.2 Å². The maximum absolute atomic E-state index is 13.4. The van der Waals surface area contributed by atoms with Gasteiger partial charge in [-0.2, -0.15) is 0 Å². The van der Waals surface area contributed by atoms with E-state index in [1.54, 1.807) is 6.92 Å². The highest BCUT2D eigenvalue weighted by molar-refractivity contribution is 5.93. The summed E-state index contributed by atoms with van der Waals surface area (Å²) < 4.78 is 23.1. The molecule has 30 heavy (non-hydrogen) atoms. The second kappa shape index (κ2) is 4.71. The van der Waals surface area contributed by atoms with Gasteiger partial charge in [-0.05, 0) is 24.7 Å². The first-order chi connectivity index (χ1) is 13.8. The Balaban J connectivity index is 1.72. The molecule has 2 aliphatic carbocycles. The third-order valence-corrected chi connectivity index (χ3v) is 9.39. The highest BCUT2D eigenvalue weighted by atomic mass is 16.7. The van der Waals surface area contributed by atoms with Crippen molar-refractivity contribution >= 4 is 17.9 Å². The van der Waals surface area contributed by atoms with E-state index < -0.39 is 76.4 Å². The van der Waals surface area contributed by atoms with Gasteiger partial charge in [0.15, 0.2) is 11.7 Å². The molecule has 4 aliphatic heterocycles. The van der Waals surface area contributed by atoms with Gasteiger partial charge in [0, 0.05) is 0 Å². The van der Waals surface area contributed by atoms with Gasteiger partial charge >= 0.3 is 17.9 Å².